The Morgan fingerprint density at radius 1 is 1.42 bits per heavy atom. The van der Waals surface area contributed by atoms with Gasteiger partial charge in [-0.15, -0.1) is 0 Å². The molecule has 1 saturated carbocycles. The van der Waals surface area contributed by atoms with Crippen molar-refractivity contribution in [2.24, 2.45) is 5.92 Å². The first-order chi connectivity index (χ1) is 9.22. The van der Waals surface area contributed by atoms with Crippen LogP contribution in [-0.4, -0.2) is 23.7 Å². The van der Waals surface area contributed by atoms with Crippen molar-refractivity contribution in [1.82, 2.24) is 5.32 Å². The van der Waals surface area contributed by atoms with E-state index in [9.17, 15) is 4.79 Å². The Balaban J connectivity index is 1.76. The second kappa shape index (κ2) is 6.71. The van der Waals surface area contributed by atoms with E-state index in [-0.39, 0.29) is 6.04 Å². The van der Waals surface area contributed by atoms with Crippen LogP contribution in [0.3, 0.4) is 0 Å². The first-order valence-corrected chi connectivity index (χ1v) is 7.23. The fourth-order valence-corrected chi connectivity index (χ4v) is 2.60. The molecule has 1 aliphatic rings. The number of hydrogen-bond donors (Lipinski definition) is 2. The van der Waals surface area contributed by atoms with E-state index in [1.54, 1.807) is 0 Å². The van der Waals surface area contributed by atoms with Crippen LogP contribution in [0.15, 0.2) is 30.3 Å². The van der Waals surface area contributed by atoms with Crippen molar-refractivity contribution in [2.75, 3.05) is 6.54 Å². The fraction of sp³-hybridized carbons (Fsp3) is 0.562. The molecule has 1 aromatic rings. The zero-order valence-electron chi connectivity index (χ0n) is 11.5. The predicted molar refractivity (Wildman–Crippen MR) is 76.2 cm³/mol. The van der Waals surface area contributed by atoms with E-state index in [0.717, 1.165) is 25.8 Å². The molecule has 3 heteroatoms. The largest absolute Gasteiger partial charge is 0.480 e. The van der Waals surface area contributed by atoms with Gasteiger partial charge in [0.25, 0.3) is 0 Å². The molecule has 0 saturated heterocycles. The smallest absolute Gasteiger partial charge is 0.320 e. The summed E-state index contributed by atoms with van der Waals surface area (Å²) in [4.78, 5) is 11.1. The van der Waals surface area contributed by atoms with E-state index in [0.29, 0.717) is 11.8 Å². The highest BCUT2D eigenvalue weighted by molar-refractivity contribution is 5.73. The van der Waals surface area contributed by atoms with Crippen molar-refractivity contribution in [2.45, 2.75) is 44.6 Å². The molecule has 1 aromatic carbocycles. The van der Waals surface area contributed by atoms with Gasteiger partial charge in [-0.3, -0.25) is 4.79 Å². The molecule has 2 N–H and O–H groups in total. The first-order valence-electron chi connectivity index (χ1n) is 7.23. The molecular formula is C16H23NO2. The summed E-state index contributed by atoms with van der Waals surface area (Å²) >= 11 is 0. The molecule has 2 rings (SSSR count). The van der Waals surface area contributed by atoms with Gasteiger partial charge in [-0.1, -0.05) is 50.1 Å². The minimum Gasteiger partial charge on any atom is -0.480 e. The van der Waals surface area contributed by atoms with E-state index in [4.69, 9.17) is 5.11 Å². The van der Waals surface area contributed by atoms with E-state index < -0.39 is 5.97 Å². The molecule has 0 amide bonds. The number of carbonyl (C=O) groups is 1. The molecule has 1 fully saturated rings. The van der Waals surface area contributed by atoms with Crippen molar-refractivity contribution < 1.29 is 9.90 Å². The number of unbranched alkanes of at least 4 members (excludes halogenated alkanes) is 1. The third-order valence-electron chi connectivity index (χ3n) is 3.92. The summed E-state index contributed by atoms with van der Waals surface area (Å²) in [6.07, 6.45) is 3.92. The zero-order chi connectivity index (χ0) is 13.7. The highest BCUT2D eigenvalue weighted by Gasteiger charge is 2.38. The molecule has 3 unspecified atom stereocenters. The van der Waals surface area contributed by atoms with Crippen LogP contribution in [0.1, 0.15) is 44.1 Å². The van der Waals surface area contributed by atoms with E-state index in [2.05, 4.69) is 36.5 Å². The van der Waals surface area contributed by atoms with Crippen LogP contribution in [0.25, 0.3) is 0 Å². The standard InChI is InChI=1S/C16H23NO2/c1-2-3-9-15(16(18)19)17-11-13-10-14(13)12-7-5-4-6-8-12/h4-8,13-15,17H,2-3,9-11H2,1H3,(H,18,19). The van der Waals surface area contributed by atoms with Gasteiger partial charge in [-0.25, -0.2) is 0 Å². The molecule has 0 aliphatic heterocycles. The van der Waals surface area contributed by atoms with Gasteiger partial charge >= 0.3 is 5.97 Å². The molecule has 0 heterocycles. The molecule has 104 valence electrons. The minimum atomic E-state index is -0.717. The molecular weight excluding hydrogens is 238 g/mol. The monoisotopic (exact) mass is 261 g/mol. The van der Waals surface area contributed by atoms with Crippen LogP contribution in [0, 0.1) is 5.92 Å². The van der Waals surface area contributed by atoms with Crippen molar-refractivity contribution in [1.29, 1.82) is 0 Å². The number of aliphatic carboxylic acids is 1. The van der Waals surface area contributed by atoms with Gasteiger partial charge in [-0.05, 0) is 36.8 Å². The van der Waals surface area contributed by atoms with Crippen molar-refractivity contribution >= 4 is 5.97 Å². The van der Waals surface area contributed by atoms with Gasteiger partial charge in [0, 0.05) is 0 Å². The molecule has 3 atom stereocenters. The SMILES string of the molecule is CCCCC(NCC1CC1c1ccccc1)C(=O)O. The van der Waals surface area contributed by atoms with Crippen molar-refractivity contribution in [3.8, 4) is 0 Å². The lowest BCUT2D eigenvalue weighted by molar-refractivity contribution is -0.139. The number of carboxylic acid groups (broad SMARTS) is 1. The molecule has 3 nitrogen and oxygen atoms in total. The lowest BCUT2D eigenvalue weighted by atomic mass is 10.1. The lowest BCUT2D eigenvalue weighted by Gasteiger charge is -2.13. The molecule has 0 aromatic heterocycles. The molecule has 19 heavy (non-hydrogen) atoms. The summed E-state index contributed by atoms with van der Waals surface area (Å²) in [6, 6.07) is 10.1. The number of nitrogens with one attached hydrogen (secondary N) is 1. The number of benzene rings is 1. The van der Waals surface area contributed by atoms with Crippen LogP contribution >= 0.6 is 0 Å². The quantitative estimate of drug-likeness (QED) is 0.756. The Labute approximate surface area is 115 Å². The van der Waals surface area contributed by atoms with Gasteiger partial charge in [0.1, 0.15) is 6.04 Å². The average molecular weight is 261 g/mol. The summed E-state index contributed by atoms with van der Waals surface area (Å²) in [5.41, 5.74) is 1.38. The third kappa shape index (κ3) is 4.06. The lowest BCUT2D eigenvalue weighted by Crippen LogP contribution is -2.37. The molecule has 0 spiro atoms. The van der Waals surface area contributed by atoms with Crippen LogP contribution in [0.5, 0.6) is 0 Å². The Morgan fingerprint density at radius 3 is 2.79 bits per heavy atom. The maximum Gasteiger partial charge on any atom is 0.320 e. The fourth-order valence-electron chi connectivity index (χ4n) is 2.60. The summed E-state index contributed by atoms with van der Waals surface area (Å²) < 4.78 is 0. The zero-order valence-corrected chi connectivity index (χ0v) is 11.5. The minimum absolute atomic E-state index is 0.378. The first kappa shape index (κ1) is 14.1. The number of carboxylic acids is 1. The van der Waals surface area contributed by atoms with Crippen molar-refractivity contribution in [3.05, 3.63) is 35.9 Å². The van der Waals surface area contributed by atoms with E-state index in [1.165, 1.54) is 12.0 Å². The molecule has 0 bridgehead atoms. The number of rotatable bonds is 8. The Hall–Kier alpha value is -1.35. The van der Waals surface area contributed by atoms with Gasteiger partial charge < -0.3 is 10.4 Å². The topological polar surface area (TPSA) is 49.3 Å². The predicted octanol–water partition coefficient (Wildman–Crippen LogP) is 3.02. The third-order valence-corrected chi connectivity index (χ3v) is 3.92. The van der Waals surface area contributed by atoms with Crippen molar-refractivity contribution in [3.63, 3.8) is 0 Å². The summed E-state index contributed by atoms with van der Waals surface area (Å²) in [7, 11) is 0. The second-order valence-corrected chi connectivity index (χ2v) is 5.45. The van der Waals surface area contributed by atoms with Gasteiger partial charge in [0.2, 0.25) is 0 Å². The van der Waals surface area contributed by atoms with E-state index >= 15 is 0 Å². The Bertz CT molecular complexity index is 404. The highest BCUT2D eigenvalue weighted by atomic mass is 16.4. The summed E-state index contributed by atoms with van der Waals surface area (Å²) in [5.74, 6) is 0.505. The molecule has 0 radical (unpaired) electrons. The maximum atomic E-state index is 11.1. The molecule has 1 aliphatic carbocycles. The van der Waals surface area contributed by atoms with Crippen LogP contribution in [0.4, 0.5) is 0 Å². The van der Waals surface area contributed by atoms with Gasteiger partial charge in [-0.2, -0.15) is 0 Å². The Morgan fingerprint density at radius 2 is 2.16 bits per heavy atom. The second-order valence-electron chi connectivity index (χ2n) is 5.45. The van der Waals surface area contributed by atoms with Crippen LogP contribution in [0.2, 0.25) is 0 Å². The average Bonchev–Trinajstić information content (AvgIpc) is 3.19. The van der Waals surface area contributed by atoms with Crippen LogP contribution < -0.4 is 5.32 Å². The van der Waals surface area contributed by atoms with E-state index in [1.807, 2.05) is 6.07 Å². The Kier molecular flexibility index (Phi) is 4.97. The maximum absolute atomic E-state index is 11.1. The summed E-state index contributed by atoms with van der Waals surface area (Å²) in [6.45, 7) is 2.91. The highest BCUT2D eigenvalue weighted by Crippen LogP contribution is 2.46. The summed E-state index contributed by atoms with van der Waals surface area (Å²) in [5, 5.41) is 12.4. The normalized spacial score (nSPS) is 23.0. The van der Waals surface area contributed by atoms with Gasteiger partial charge in [0.05, 0.1) is 0 Å². The van der Waals surface area contributed by atoms with Gasteiger partial charge in [0.15, 0.2) is 0 Å². The number of hydrogen-bond acceptors (Lipinski definition) is 2. The van der Waals surface area contributed by atoms with Crippen LogP contribution in [-0.2, 0) is 4.79 Å².